The average Bonchev–Trinajstić information content (AvgIpc) is 2.50. The fraction of sp³-hybridized carbons (Fsp3) is 0.500. The maximum absolute atomic E-state index is 10.4. The minimum Gasteiger partial charge on any atom is -0.383 e. The molecule has 5 N–H and O–H groups in total. The van der Waals surface area contributed by atoms with E-state index in [9.17, 15) is 4.79 Å². The van der Waals surface area contributed by atoms with Crippen molar-refractivity contribution in [2.24, 2.45) is 5.73 Å². The Labute approximate surface area is 86.6 Å². The molecule has 0 aliphatic heterocycles. The Hall–Kier alpha value is -1.30. The summed E-state index contributed by atoms with van der Waals surface area (Å²) in [5.74, 6) is 0.293. The monoisotopic (exact) mass is 214 g/mol. The smallest absolute Gasteiger partial charge is 0.217 e. The summed E-state index contributed by atoms with van der Waals surface area (Å²) in [5, 5.41) is 4.12. The van der Waals surface area contributed by atoms with Crippen LogP contribution in [0.15, 0.2) is 6.07 Å². The second kappa shape index (κ2) is 5.43. The molecule has 14 heavy (non-hydrogen) atoms. The van der Waals surface area contributed by atoms with Crippen LogP contribution in [-0.4, -0.2) is 16.8 Å². The minimum atomic E-state index is -0.243. The quantitative estimate of drug-likeness (QED) is 0.610. The lowest BCUT2D eigenvalue weighted by Gasteiger charge is -2.00. The molecule has 0 aromatic carbocycles. The molecule has 0 spiro atoms. The summed E-state index contributed by atoms with van der Waals surface area (Å²) in [4.78, 5) is 10.4. The first-order chi connectivity index (χ1) is 6.68. The highest BCUT2D eigenvalue weighted by atomic mass is 32.1. The van der Waals surface area contributed by atoms with Gasteiger partial charge in [0, 0.05) is 19.0 Å². The highest BCUT2D eigenvalue weighted by Gasteiger charge is 1.97. The molecule has 0 atom stereocenters. The van der Waals surface area contributed by atoms with Gasteiger partial charge in [-0.1, -0.05) is 0 Å². The van der Waals surface area contributed by atoms with Crippen LogP contribution in [0.5, 0.6) is 0 Å². The summed E-state index contributed by atoms with van der Waals surface area (Å²) in [6.07, 6.45) is 2.18. The third kappa shape index (κ3) is 4.08. The van der Waals surface area contributed by atoms with Crippen molar-refractivity contribution in [2.75, 3.05) is 17.6 Å². The van der Waals surface area contributed by atoms with Crippen LogP contribution < -0.4 is 16.8 Å². The zero-order valence-electron chi connectivity index (χ0n) is 7.82. The Morgan fingerprint density at radius 1 is 1.57 bits per heavy atom. The van der Waals surface area contributed by atoms with E-state index in [4.69, 9.17) is 11.5 Å². The molecule has 1 rings (SSSR count). The topological polar surface area (TPSA) is 94.0 Å². The predicted molar refractivity (Wildman–Crippen MR) is 58.1 cm³/mol. The fourth-order valence-electron chi connectivity index (χ4n) is 1.01. The van der Waals surface area contributed by atoms with Gasteiger partial charge in [0.1, 0.15) is 10.8 Å². The number of amides is 1. The number of anilines is 2. The highest BCUT2D eigenvalue weighted by molar-refractivity contribution is 7.10. The van der Waals surface area contributed by atoms with Gasteiger partial charge in [0.25, 0.3) is 0 Å². The number of hydrogen-bond acceptors (Lipinski definition) is 5. The third-order valence-electron chi connectivity index (χ3n) is 1.68. The van der Waals surface area contributed by atoms with Gasteiger partial charge in [-0.25, -0.2) is 0 Å². The van der Waals surface area contributed by atoms with Crippen LogP contribution >= 0.6 is 11.5 Å². The number of rotatable bonds is 6. The first kappa shape index (κ1) is 10.8. The Balaban J connectivity index is 2.07. The lowest BCUT2D eigenvalue weighted by atomic mass is 10.2. The van der Waals surface area contributed by atoms with Crippen molar-refractivity contribution in [2.45, 2.75) is 19.3 Å². The number of unbranched alkanes of at least 4 members (excludes halogenated alkanes) is 1. The van der Waals surface area contributed by atoms with E-state index in [-0.39, 0.29) is 5.91 Å². The predicted octanol–water partition coefficient (Wildman–Crippen LogP) is 0.793. The molecule has 0 aliphatic carbocycles. The number of primary amides is 1. The van der Waals surface area contributed by atoms with Gasteiger partial charge in [-0.2, -0.15) is 4.37 Å². The molecular formula is C8H14N4OS. The van der Waals surface area contributed by atoms with E-state index in [0.29, 0.717) is 12.2 Å². The van der Waals surface area contributed by atoms with E-state index in [1.165, 1.54) is 11.5 Å². The van der Waals surface area contributed by atoms with Gasteiger partial charge >= 0.3 is 0 Å². The van der Waals surface area contributed by atoms with Gasteiger partial charge in [-0.05, 0) is 24.4 Å². The molecule has 78 valence electrons. The van der Waals surface area contributed by atoms with Crippen molar-refractivity contribution in [1.82, 2.24) is 4.37 Å². The van der Waals surface area contributed by atoms with E-state index >= 15 is 0 Å². The van der Waals surface area contributed by atoms with Gasteiger partial charge in [-0.3, -0.25) is 4.79 Å². The first-order valence-corrected chi connectivity index (χ1v) is 5.20. The summed E-state index contributed by atoms with van der Waals surface area (Å²) in [7, 11) is 0. The van der Waals surface area contributed by atoms with Crippen molar-refractivity contribution in [1.29, 1.82) is 0 Å². The van der Waals surface area contributed by atoms with E-state index < -0.39 is 0 Å². The maximum atomic E-state index is 10.4. The van der Waals surface area contributed by atoms with Gasteiger partial charge < -0.3 is 16.8 Å². The number of carbonyl (C=O) groups is 1. The molecule has 0 unspecified atom stereocenters. The van der Waals surface area contributed by atoms with Crippen LogP contribution in [0.2, 0.25) is 0 Å². The first-order valence-electron chi connectivity index (χ1n) is 4.43. The van der Waals surface area contributed by atoms with Crippen LogP contribution in [0.1, 0.15) is 19.3 Å². The lowest BCUT2D eigenvalue weighted by molar-refractivity contribution is -0.118. The normalized spacial score (nSPS) is 10.0. The van der Waals surface area contributed by atoms with Gasteiger partial charge in [-0.15, -0.1) is 0 Å². The molecule has 1 amide bonds. The number of carbonyl (C=O) groups excluding carboxylic acids is 1. The number of nitrogens with two attached hydrogens (primary N) is 2. The zero-order valence-corrected chi connectivity index (χ0v) is 8.64. The molecule has 0 saturated heterocycles. The Morgan fingerprint density at radius 3 is 2.93 bits per heavy atom. The largest absolute Gasteiger partial charge is 0.383 e. The molecular weight excluding hydrogens is 200 g/mol. The van der Waals surface area contributed by atoms with Gasteiger partial charge in [0.2, 0.25) is 5.91 Å². The SMILES string of the molecule is NC(=O)CCCCNc1cc(N)ns1. The second-order valence-corrected chi connectivity index (χ2v) is 3.77. The minimum absolute atomic E-state index is 0.243. The molecule has 0 aliphatic rings. The zero-order chi connectivity index (χ0) is 10.4. The van der Waals surface area contributed by atoms with Crippen molar-refractivity contribution >= 4 is 28.3 Å². The number of aromatic nitrogens is 1. The molecule has 0 saturated carbocycles. The Kier molecular flexibility index (Phi) is 4.18. The lowest BCUT2D eigenvalue weighted by Crippen LogP contribution is -2.10. The number of nitrogens with one attached hydrogen (secondary N) is 1. The molecule has 0 bridgehead atoms. The van der Waals surface area contributed by atoms with Crippen molar-refractivity contribution < 1.29 is 4.79 Å². The molecule has 1 aromatic rings. The summed E-state index contributed by atoms with van der Waals surface area (Å²) in [6.45, 7) is 0.814. The van der Waals surface area contributed by atoms with E-state index in [2.05, 4.69) is 9.69 Å². The molecule has 0 radical (unpaired) electrons. The third-order valence-corrected chi connectivity index (χ3v) is 2.44. The summed E-state index contributed by atoms with van der Waals surface area (Å²) in [6, 6.07) is 1.79. The van der Waals surface area contributed by atoms with Gasteiger partial charge in [0.05, 0.1) is 0 Å². The van der Waals surface area contributed by atoms with Crippen molar-refractivity contribution in [3.05, 3.63) is 6.07 Å². The van der Waals surface area contributed by atoms with E-state index in [1.807, 2.05) is 0 Å². The van der Waals surface area contributed by atoms with Crippen LogP contribution in [-0.2, 0) is 4.79 Å². The molecule has 5 nitrogen and oxygen atoms in total. The number of hydrogen-bond donors (Lipinski definition) is 3. The van der Waals surface area contributed by atoms with Gasteiger partial charge in [0.15, 0.2) is 0 Å². The summed E-state index contributed by atoms with van der Waals surface area (Å²) < 4.78 is 3.93. The van der Waals surface area contributed by atoms with Crippen LogP contribution in [0, 0.1) is 0 Å². The Morgan fingerprint density at radius 2 is 2.36 bits per heavy atom. The molecule has 1 aromatic heterocycles. The summed E-state index contributed by atoms with van der Waals surface area (Å²) >= 11 is 1.34. The standard InChI is InChI=1S/C8H14N4OS/c9-6-5-8(14-12-6)11-4-2-1-3-7(10)13/h5,11H,1-4H2,(H2,9,12)(H2,10,13). The van der Waals surface area contributed by atoms with Crippen LogP contribution in [0.25, 0.3) is 0 Å². The highest BCUT2D eigenvalue weighted by Crippen LogP contribution is 2.17. The van der Waals surface area contributed by atoms with Crippen molar-refractivity contribution in [3.8, 4) is 0 Å². The van der Waals surface area contributed by atoms with Crippen LogP contribution in [0.4, 0.5) is 10.8 Å². The maximum Gasteiger partial charge on any atom is 0.217 e. The van der Waals surface area contributed by atoms with Crippen LogP contribution in [0.3, 0.4) is 0 Å². The number of nitrogen functional groups attached to an aromatic ring is 1. The molecule has 0 fully saturated rings. The van der Waals surface area contributed by atoms with E-state index in [1.54, 1.807) is 6.07 Å². The fourth-order valence-corrected chi connectivity index (χ4v) is 1.60. The average molecular weight is 214 g/mol. The van der Waals surface area contributed by atoms with E-state index in [0.717, 1.165) is 24.4 Å². The number of nitrogens with zero attached hydrogens (tertiary/aromatic N) is 1. The van der Waals surface area contributed by atoms with Crippen molar-refractivity contribution in [3.63, 3.8) is 0 Å². The second-order valence-electron chi connectivity index (χ2n) is 2.97. The molecule has 6 heteroatoms. The molecule has 1 heterocycles. The summed E-state index contributed by atoms with van der Waals surface area (Å²) in [5.41, 5.74) is 10.5. The Bertz CT molecular complexity index is 299.